The van der Waals surface area contributed by atoms with Crippen LogP contribution in [0.5, 0.6) is 0 Å². The van der Waals surface area contributed by atoms with E-state index in [1.807, 2.05) is 29.6 Å². The summed E-state index contributed by atoms with van der Waals surface area (Å²) in [6.07, 6.45) is 3.38. The molecule has 0 aliphatic carbocycles. The molecule has 140 valence electrons. The number of anilines is 1. The number of thiophene rings is 1. The number of piperidine rings is 1. The summed E-state index contributed by atoms with van der Waals surface area (Å²) in [5, 5.41) is 9.10. The molecule has 1 fully saturated rings. The van der Waals surface area contributed by atoms with E-state index in [-0.39, 0.29) is 11.8 Å². The van der Waals surface area contributed by atoms with Crippen LogP contribution < -0.4 is 10.2 Å². The predicted octanol–water partition coefficient (Wildman–Crippen LogP) is 3.03. The first-order valence-electron chi connectivity index (χ1n) is 9.01. The van der Waals surface area contributed by atoms with Gasteiger partial charge >= 0.3 is 0 Å². The van der Waals surface area contributed by atoms with E-state index in [9.17, 15) is 4.79 Å². The number of aromatic nitrogens is 3. The van der Waals surface area contributed by atoms with Crippen molar-refractivity contribution in [1.29, 1.82) is 0 Å². The molecule has 4 heterocycles. The molecule has 0 atom stereocenters. The second-order valence-electron chi connectivity index (χ2n) is 6.57. The molecule has 1 N–H and O–H groups in total. The fourth-order valence-electron chi connectivity index (χ4n) is 3.32. The molecule has 1 saturated heterocycles. The monoisotopic (exact) mass is 383 g/mol. The molecule has 7 nitrogen and oxygen atoms in total. The van der Waals surface area contributed by atoms with E-state index in [2.05, 4.69) is 25.3 Å². The van der Waals surface area contributed by atoms with Crippen molar-refractivity contribution in [3.8, 4) is 11.4 Å². The van der Waals surface area contributed by atoms with Crippen LogP contribution in [0.3, 0.4) is 0 Å². The standard InChI is InChI=1S/C19H21N5O2S/c1-13-22-17(23-26-13)16-5-2-8-20-18(16)24-9-6-14(7-10-24)19(25)21-12-15-4-3-11-27-15/h2-5,8,11,14H,6-7,9-10,12H2,1H3,(H,21,25). The molecule has 0 unspecified atom stereocenters. The van der Waals surface area contributed by atoms with Gasteiger partial charge in [-0.05, 0) is 36.4 Å². The van der Waals surface area contributed by atoms with Crippen LogP contribution in [0.15, 0.2) is 40.4 Å². The third-order valence-electron chi connectivity index (χ3n) is 4.74. The van der Waals surface area contributed by atoms with Crippen LogP contribution >= 0.6 is 11.3 Å². The first kappa shape index (κ1) is 17.7. The minimum atomic E-state index is 0.0424. The zero-order chi connectivity index (χ0) is 18.6. The molecule has 0 spiro atoms. The normalized spacial score (nSPS) is 15.1. The number of hydrogen-bond donors (Lipinski definition) is 1. The number of nitrogens with zero attached hydrogens (tertiary/aromatic N) is 4. The van der Waals surface area contributed by atoms with Gasteiger partial charge in [0, 0.05) is 37.0 Å². The van der Waals surface area contributed by atoms with Crippen LogP contribution in [0.2, 0.25) is 0 Å². The molecule has 0 bridgehead atoms. The Kier molecular flexibility index (Phi) is 5.15. The van der Waals surface area contributed by atoms with Crippen LogP contribution in [-0.4, -0.2) is 34.1 Å². The van der Waals surface area contributed by atoms with Crippen molar-refractivity contribution in [2.75, 3.05) is 18.0 Å². The fourth-order valence-corrected chi connectivity index (χ4v) is 3.96. The summed E-state index contributed by atoms with van der Waals surface area (Å²) in [5.74, 6) is 2.10. The molecule has 0 saturated carbocycles. The average Bonchev–Trinajstić information content (AvgIpc) is 3.38. The number of carbonyl (C=O) groups is 1. The smallest absolute Gasteiger partial charge is 0.223 e. The van der Waals surface area contributed by atoms with Gasteiger partial charge in [0.15, 0.2) is 0 Å². The van der Waals surface area contributed by atoms with Crippen LogP contribution in [0, 0.1) is 12.8 Å². The first-order valence-corrected chi connectivity index (χ1v) is 9.89. The van der Waals surface area contributed by atoms with Gasteiger partial charge in [0.2, 0.25) is 17.6 Å². The molecule has 3 aromatic rings. The van der Waals surface area contributed by atoms with Crippen LogP contribution in [0.4, 0.5) is 5.82 Å². The summed E-state index contributed by atoms with van der Waals surface area (Å²) in [4.78, 5) is 24.7. The van der Waals surface area contributed by atoms with E-state index in [1.54, 1.807) is 24.5 Å². The quantitative estimate of drug-likeness (QED) is 0.729. The molecule has 4 rings (SSSR count). The Labute approximate surface area is 161 Å². The zero-order valence-electron chi connectivity index (χ0n) is 15.1. The summed E-state index contributed by atoms with van der Waals surface area (Å²) in [6, 6.07) is 7.86. The van der Waals surface area contributed by atoms with Crippen LogP contribution in [0.1, 0.15) is 23.6 Å². The highest BCUT2D eigenvalue weighted by Crippen LogP contribution is 2.30. The highest BCUT2D eigenvalue weighted by molar-refractivity contribution is 7.09. The lowest BCUT2D eigenvalue weighted by Crippen LogP contribution is -2.40. The van der Waals surface area contributed by atoms with Crippen LogP contribution in [-0.2, 0) is 11.3 Å². The molecular formula is C19H21N5O2S. The van der Waals surface area contributed by atoms with Crippen molar-refractivity contribution in [2.24, 2.45) is 5.92 Å². The summed E-state index contributed by atoms with van der Waals surface area (Å²) >= 11 is 1.66. The lowest BCUT2D eigenvalue weighted by atomic mass is 9.95. The highest BCUT2D eigenvalue weighted by atomic mass is 32.1. The molecule has 8 heteroatoms. The number of amides is 1. The molecule has 1 aliphatic heterocycles. The molecule has 1 amide bonds. The number of nitrogens with one attached hydrogen (secondary N) is 1. The Morgan fingerprint density at radius 2 is 2.19 bits per heavy atom. The summed E-state index contributed by atoms with van der Waals surface area (Å²) in [5.41, 5.74) is 0.856. The summed E-state index contributed by atoms with van der Waals surface area (Å²) < 4.78 is 5.11. The minimum Gasteiger partial charge on any atom is -0.356 e. The van der Waals surface area contributed by atoms with Gasteiger partial charge in [-0.1, -0.05) is 11.2 Å². The van der Waals surface area contributed by atoms with Crippen molar-refractivity contribution in [1.82, 2.24) is 20.4 Å². The van der Waals surface area contributed by atoms with Gasteiger partial charge < -0.3 is 14.7 Å². The van der Waals surface area contributed by atoms with E-state index in [1.165, 1.54) is 4.88 Å². The van der Waals surface area contributed by atoms with Gasteiger partial charge in [-0.25, -0.2) is 4.98 Å². The van der Waals surface area contributed by atoms with E-state index in [4.69, 9.17) is 4.52 Å². The Morgan fingerprint density at radius 3 is 2.89 bits per heavy atom. The second-order valence-corrected chi connectivity index (χ2v) is 7.60. The Bertz CT molecular complexity index is 900. The molecular weight excluding hydrogens is 362 g/mol. The number of rotatable bonds is 5. The summed E-state index contributed by atoms with van der Waals surface area (Å²) in [7, 11) is 0. The minimum absolute atomic E-state index is 0.0424. The van der Waals surface area contributed by atoms with E-state index >= 15 is 0 Å². The van der Waals surface area contributed by atoms with Gasteiger partial charge in [-0.2, -0.15) is 4.98 Å². The predicted molar refractivity (Wildman–Crippen MR) is 103 cm³/mol. The lowest BCUT2D eigenvalue weighted by Gasteiger charge is -2.32. The van der Waals surface area contributed by atoms with Gasteiger partial charge in [0.25, 0.3) is 0 Å². The largest absolute Gasteiger partial charge is 0.356 e. The average molecular weight is 383 g/mol. The number of hydrogen-bond acceptors (Lipinski definition) is 7. The molecule has 3 aromatic heterocycles. The zero-order valence-corrected chi connectivity index (χ0v) is 15.9. The van der Waals surface area contributed by atoms with E-state index < -0.39 is 0 Å². The second kappa shape index (κ2) is 7.87. The van der Waals surface area contributed by atoms with Gasteiger partial charge in [-0.3, -0.25) is 4.79 Å². The van der Waals surface area contributed by atoms with Gasteiger partial charge in [0.05, 0.1) is 12.1 Å². The lowest BCUT2D eigenvalue weighted by molar-refractivity contribution is -0.125. The number of carbonyl (C=O) groups excluding carboxylic acids is 1. The Balaban J connectivity index is 1.39. The molecule has 0 radical (unpaired) electrons. The molecule has 0 aromatic carbocycles. The molecule has 1 aliphatic rings. The van der Waals surface area contributed by atoms with Gasteiger partial charge in [0.1, 0.15) is 5.82 Å². The Hall–Kier alpha value is -2.74. The van der Waals surface area contributed by atoms with Crippen molar-refractivity contribution < 1.29 is 9.32 Å². The van der Waals surface area contributed by atoms with Crippen molar-refractivity contribution in [2.45, 2.75) is 26.3 Å². The maximum absolute atomic E-state index is 12.5. The number of aryl methyl sites for hydroxylation is 1. The third-order valence-corrected chi connectivity index (χ3v) is 5.61. The van der Waals surface area contributed by atoms with Crippen LogP contribution in [0.25, 0.3) is 11.4 Å². The number of pyridine rings is 1. The topological polar surface area (TPSA) is 84.2 Å². The third kappa shape index (κ3) is 4.00. The maximum Gasteiger partial charge on any atom is 0.223 e. The molecule has 27 heavy (non-hydrogen) atoms. The fraction of sp³-hybridized carbons (Fsp3) is 0.368. The maximum atomic E-state index is 12.5. The van der Waals surface area contributed by atoms with Gasteiger partial charge in [-0.15, -0.1) is 11.3 Å². The van der Waals surface area contributed by atoms with Crippen molar-refractivity contribution >= 4 is 23.1 Å². The Morgan fingerprint density at radius 1 is 1.33 bits per heavy atom. The van der Waals surface area contributed by atoms with E-state index in [0.29, 0.717) is 18.3 Å². The van der Waals surface area contributed by atoms with Crippen molar-refractivity contribution in [3.05, 3.63) is 46.6 Å². The van der Waals surface area contributed by atoms with Crippen molar-refractivity contribution in [3.63, 3.8) is 0 Å². The van der Waals surface area contributed by atoms with E-state index in [0.717, 1.165) is 37.3 Å². The highest BCUT2D eigenvalue weighted by Gasteiger charge is 2.27. The SMILES string of the molecule is Cc1nc(-c2cccnc2N2CCC(C(=O)NCc3cccs3)CC2)no1. The summed E-state index contributed by atoms with van der Waals surface area (Å²) in [6.45, 7) is 3.93. The first-order chi connectivity index (χ1) is 13.2.